The second-order valence-electron chi connectivity index (χ2n) is 5.08. The van der Waals surface area contributed by atoms with Crippen LogP contribution in [0.4, 0.5) is 0 Å². The first-order chi connectivity index (χ1) is 7.62. The molecule has 0 aromatic rings. The quantitative estimate of drug-likeness (QED) is 0.711. The first-order valence-corrected chi connectivity index (χ1v) is 6.07. The Morgan fingerprint density at radius 2 is 1.88 bits per heavy atom. The topological polar surface area (TPSA) is 38.8 Å². The Morgan fingerprint density at radius 1 is 1.19 bits per heavy atom. The van der Waals surface area contributed by atoms with Gasteiger partial charge in [-0.25, -0.2) is 0 Å². The van der Waals surface area contributed by atoms with Gasteiger partial charge in [0, 0.05) is 25.6 Å². The first-order valence-electron chi connectivity index (χ1n) is 6.07. The number of hydrogen-bond donors (Lipinski definition) is 0. The van der Waals surface area contributed by atoms with Crippen molar-refractivity contribution in [2.75, 3.05) is 39.5 Å². The third kappa shape index (κ3) is 2.29. The molecule has 1 atom stereocenters. The molecule has 92 valence electrons. The third-order valence-electron chi connectivity index (χ3n) is 3.71. The van der Waals surface area contributed by atoms with E-state index in [-0.39, 0.29) is 11.5 Å². The van der Waals surface area contributed by atoms with E-state index in [2.05, 4.69) is 4.90 Å². The molecule has 0 amide bonds. The van der Waals surface area contributed by atoms with Crippen LogP contribution >= 0.6 is 0 Å². The van der Waals surface area contributed by atoms with Crippen LogP contribution in [0.1, 0.15) is 20.3 Å². The molecule has 1 unspecified atom stereocenters. The Kier molecular flexibility index (Phi) is 3.62. The summed E-state index contributed by atoms with van der Waals surface area (Å²) in [5, 5.41) is 0. The molecule has 4 nitrogen and oxygen atoms in total. The Morgan fingerprint density at radius 3 is 2.44 bits per heavy atom. The van der Waals surface area contributed by atoms with Crippen LogP contribution in [0.2, 0.25) is 0 Å². The minimum Gasteiger partial charge on any atom is -0.381 e. The van der Waals surface area contributed by atoms with Gasteiger partial charge in [0.25, 0.3) is 0 Å². The molecule has 2 rings (SSSR count). The molecule has 0 N–H and O–H groups in total. The number of carbonyl (C=O) groups excluding carboxylic acids is 1. The molecule has 2 aliphatic heterocycles. The van der Waals surface area contributed by atoms with Crippen molar-refractivity contribution in [1.29, 1.82) is 0 Å². The fourth-order valence-corrected chi connectivity index (χ4v) is 2.52. The fraction of sp³-hybridized carbons (Fsp3) is 0.917. The van der Waals surface area contributed by atoms with E-state index in [0.29, 0.717) is 12.4 Å². The second kappa shape index (κ2) is 4.82. The Labute approximate surface area is 96.9 Å². The zero-order valence-corrected chi connectivity index (χ0v) is 10.2. The highest BCUT2D eigenvalue weighted by molar-refractivity contribution is 5.90. The zero-order valence-electron chi connectivity index (χ0n) is 10.2. The van der Waals surface area contributed by atoms with Crippen molar-refractivity contribution < 1.29 is 14.3 Å². The molecule has 2 saturated heterocycles. The van der Waals surface area contributed by atoms with Gasteiger partial charge in [0.2, 0.25) is 0 Å². The molecule has 0 aromatic heterocycles. The van der Waals surface area contributed by atoms with Gasteiger partial charge in [0.05, 0.1) is 25.4 Å². The van der Waals surface area contributed by atoms with Gasteiger partial charge in [0.15, 0.2) is 5.78 Å². The average molecular weight is 227 g/mol. The summed E-state index contributed by atoms with van der Waals surface area (Å²) in [6.45, 7) is 8.56. The van der Waals surface area contributed by atoms with Crippen molar-refractivity contribution >= 4 is 5.78 Å². The van der Waals surface area contributed by atoms with E-state index in [9.17, 15) is 4.79 Å². The Bertz CT molecular complexity index is 253. The Hall–Kier alpha value is -0.450. The van der Waals surface area contributed by atoms with E-state index in [0.717, 1.165) is 39.3 Å². The highest BCUT2D eigenvalue weighted by atomic mass is 16.5. The van der Waals surface area contributed by atoms with Gasteiger partial charge in [-0.3, -0.25) is 9.69 Å². The minimum absolute atomic E-state index is 0.0952. The van der Waals surface area contributed by atoms with Crippen molar-refractivity contribution in [3.05, 3.63) is 0 Å². The lowest BCUT2D eigenvalue weighted by atomic mass is 9.86. The molecular formula is C12H21NO3. The lowest BCUT2D eigenvalue weighted by molar-refractivity contribution is -0.136. The third-order valence-corrected chi connectivity index (χ3v) is 3.71. The normalized spacial score (nSPS) is 28.2. The van der Waals surface area contributed by atoms with Crippen LogP contribution in [0.5, 0.6) is 0 Å². The molecule has 2 aliphatic rings. The molecule has 16 heavy (non-hydrogen) atoms. The number of ketones is 1. The van der Waals surface area contributed by atoms with Gasteiger partial charge >= 0.3 is 0 Å². The summed E-state index contributed by atoms with van der Waals surface area (Å²) in [6.07, 6.45) is 0.882. The number of morpholine rings is 1. The number of Topliss-reactive ketones (excluding diaryl/α,β-unsaturated/α-hetero) is 1. The van der Waals surface area contributed by atoms with Gasteiger partial charge in [-0.05, 0) is 20.3 Å². The molecular weight excluding hydrogens is 206 g/mol. The molecule has 0 aliphatic carbocycles. The molecule has 2 fully saturated rings. The highest BCUT2D eigenvalue weighted by Crippen LogP contribution is 2.25. The largest absolute Gasteiger partial charge is 0.381 e. The maximum atomic E-state index is 12.4. The van der Waals surface area contributed by atoms with E-state index in [1.807, 2.05) is 13.8 Å². The van der Waals surface area contributed by atoms with E-state index in [1.54, 1.807) is 0 Å². The monoisotopic (exact) mass is 227 g/mol. The molecule has 0 spiro atoms. The first kappa shape index (κ1) is 12.0. The van der Waals surface area contributed by atoms with Crippen molar-refractivity contribution in [2.45, 2.75) is 25.8 Å². The van der Waals surface area contributed by atoms with Gasteiger partial charge in [-0.15, -0.1) is 0 Å². The van der Waals surface area contributed by atoms with E-state index in [1.165, 1.54) is 0 Å². The SMILES string of the molecule is CC(C)(C(=O)C1CCOC1)N1CCOCC1. The van der Waals surface area contributed by atoms with Crippen LogP contribution < -0.4 is 0 Å². The average Bonchev–Trinajstić information content (AvgIpc) is 2.82. The summed E-state index contributed by atoms with van der Waals surface area (Å²) in [5.74, 6) is 0.421. The van der Waals surface area contributed by atoms with Crippen molar-refractivity contribution in [3.8, 4) is 0 Å². The minimum atomic E-state index is -0.373. The van der Waals surface area contributed by atoms with Crippen molar-refractivity contribution in [2.24, 2.45) is 5.92 Å². The van der Waals surface area contributed by atoms with Gasteiger partial charge in [0.1, 0.15) is 0 Å². The van der Waals surface area contributed by atoms with Crippen LogP contribution in [0, 0.1) is 5.92 Å². The van der Waals surface area contributed by atoms with Gasteiger partial charge < -0.3 is 9.47 Å². The number of rotatable bonds is 3. The van der Waals surface area contributed by atoms with Crippen LogP contribution in [0.3, 0.4) is 0 Å². The predicted octanol–water partition coefficient (Wildman–Crippen LogP) is 0.703. The van der Waals surface area contributed by atoms with E-state index < -0.39 is 0 Å². The van der Waals surface area contributed by atoms with Crippen LogP contribution in [0.25, 0.3) is 0 Å². The number of nitrogens with zero attached hydrogens (tertiary/aromatic N) is 1. The summed E-state index contributed by atoms with van der Waals surface area (Å²) in [6, 6.07) is 0. The standard InChI is InChI=1S/C12H21NO3/c1-12(2,13-4-7-15-8-5-13)11(14)10-3-6-16-9-10/h10H,3-9H2,1-2H3. The van der Waals surface area contributed by atoms with E-state index in [4.69, 9.17) is 9.47 Å². The summed E-state index contributed by atoms with van der Waals surface area (Å²) in [7, 11) is 0. The maximum absolute atomic E-state index is 12.4. The van der Waals surface area contributed by atoms with Crippen LogP contribution in [-0.4, -0.2) is 55.7 Å². The lowest BCUT2D eigenvalue weighted by Gasteiger charge is -2.40. The van der Waals surface area contributed by atoms with Crippen LogP contribution in [0.15, 0.2) is 0 Å². The number of hydrogen-bond acceptors (Lipinski definition) is 4. The number of carbonyl (C=O) groups is 1. The Balaban J connectivity index is 2.01. The van der Waals surface area contributed by atoms with E-state index >= 15 is 0 Å². The maximum Gasteiger partial charge on any atom is 0.157 e. The zero-order chi connectivity index (χ0) is 11.6. The molecule has 0 radical (unpaired) electrons. The number of ether oxygens (including phenoxy) is 2. The van der Waals surface area contributed by atoms with Crippen LogP contribution in [-0.2, 0) is 14.3 Å². The smallest absolute Gasteiger partial charge is 0.157 e. The molecule has 0 saturated carbocycles. The summed E-state index contributed by atoms with van der Waals surface area (Å²) < 4.78 is 10.6. The summed E-state index contributed by atoms with van der Waals surface area (Å²) in [5.41, 5.74) is -0.373. The molecule has 0 aromatic carbocycles. The van der Waals surface area contributed by atoms with Gasteiger partial charge in [-0.2, -0.15) is 0 Å². The summed E-state index contributed by atoms with van der Waals surface area (Å²) >= 11 is 0. The second-order valence-corrected chi connectivity index (χ2v) is 5.08. The van der Waals surface area contributed by atoms with Crippen molar-refractivity contribution in [1.82, 2.24) is 4.90 Å². The molecule has 4 heteroatoms. The predicted molar refractivity (Wildman–Crippen MR) is 60.4 cm³/mol. The van der Waals surface area contributed by atoms with Crippen molar-refractivity contribution in [3.63, 3.8) is 0 Å². The highest BCUT2D eigenvalue weighted by Gasteiger charge is 2.40. The molecule has 0 bridgehead atoms. The lowest BCUT2D eigenvalue weighted by Crippen LogP contribution is -2.56. The molecule has 2 heterocycles. The summed E-state index contributed by atoms with van der Waals surface area (Å²) in [4.78, 5) is 14.6. The van der Waals surface area contributed by atoms with Gasteiger partial charge in [-0.1, -0.05) is 0 Å². The fourth-order valence-electron chi connectivity index (χ4n) is 2.52.